The first-order valence-electron chi connectivity index (χ1n) is 6.70. The van der Waals surface area contributed by atoms with Crippen LogP contribution < -0.4 is 0 Å². The summed E-state index contributed by atoms with van der Waals surface area (Å²) in [4.78, 5) is 8.43. The largest absolute Gasteiger partial charge is 0.505 e. The molecule has 0 spiro atoms. The third-order valence-corrected chi connectivity index (χ3v) is 3.93. The molecule has 0 bridgehead atoms. The summed E-state index contributed by atoms with van der Waals surface area (Å²) in [5, 5.41) is 20.5. The Morgan fingerprint density at radius 1 is 1.36 bits per heavy atom. The molecule has 4 nitrogen and oxygen atoms in total. The van der Waals surface area contributed by atoms with E-state index < -0.39 is 0 Å². The SMILES string of the molecule is Cc1ncc(CO)c(C=N[C@H](C)c2ccc(Cl)cc2Cl)c1O. The van der Waals surface area contributed by atoms with E-state index >= 15 is 0 Å². The van der Waals surface area contributed by atoms with Gasteiger partial charge in [-0.3, -0.25) is 9.98 Å². The average molecular weight is 339 g/mol. The van der Waals surface area contributed by atoms with E-state index in [-0.39, 0.29) is 18.4 Å². The van der Waals surface area contributed by atoms with Crippen LogP contribution in [0.2, 0.25) is 10.0 Å². The molecule has 1 aromatic heterocycles. The fraction of sp³-hybridized carbons (Fsp3) is 0.250. The number of hydrogen-bond donors (Lipinski definition) is 2. The topological polar surface area (TPSA) is 65.7 Å². The predicted octanol–water partition coefficient (Wildman–Crippen LogP) is 4.07. The van der Waals surface area contributed by atoms with Gasteiger partial charge < -0.3 is 10.2 Å². The lowest BCUT2D eigenvalue weighted by Crippen LogP contribution is -1.99. The summed E-state index contributed by atoms with van der Waals surface area (Å²) in [6.45, 7) is 3.35. The van der Waals surface area contributed by atoms with Gasteiger partial charge in [-0.05, 0) is 31.5 Å². The third-order valence-electron chi connectivity index (χ3n) is 3.37. The van der Waals surface area contributed by atoms with E-state index in [2.05, 4.69) is 9.98 Å². The van der Waals surface area contributed by atoms with Crippen molar-refractivity contribution in [3.8, 4) is 5.75 Å². The van der Waals surface area contributed by atoms with Crippen LogP contribution in [0.5, 0.6) is 5.75 Å². The minimum Gasteiger partial charge on any atom is -0.505 e. The molecule has 2 aromatic rings. The zero-order chi connectivity index (χ0) is 16.3. The van der Waals surface area contributed by atoms with Crippen molar-refractivity contribution in [3.63, 3.8) is 0 Å². The van der Waals surface area contributed by atoms with Crippen molar-refractivity contribution in [2.24, 2.45) is 4.99 Å². The highest BCUT2D eigenvalue weighted by Gasteiger charge is 2.12. The van der Waals surface area contributed by atoms with Gasteiger partial charge in [-0.15, -0.1) is 0 Å². The van der Waals surface area contributed by atoms with Crippen LogP contribution in [0.1, 0.15) is 35.3 Å². The minimum atomic E-state index is -0.224. The van der Waals surface area contributed by atoms with Crippen LogP contribution in [0.25, 0.3) is 0 Å². The minimum absolute atomic E-state index is 0.0182. The van der Waals surface area contributed by atoms with Gasteiger partial charge in [-0.2, -0.15) is 0 Å². The molecule has 1 aromatic carbocycles. The fourth-order valence-electron chi connectivity index (χ4n) is 2.03. The van der Waals surface area contributed by atoms with Crippen LogP contribution in [0.15, 0.2) is 29.4 Å². The molecular formula is C16H16Cl2N2O2. The number of aromatic nitrogens is 1. The van der Waals surface area contributed by atoms with Gasteiger partial charge in [-0.25, -0.2) is 0 Å². The second-order valence-corrected chi connectivity index (χ2v) is 5.75. The van der Waals surface area contributed by atoms with Gasteiger partial charge in [0, 0.05) is 33.6 Å². The van der Waals surface area contributed by atoms with Gasteiger partial charge >= 0.3 is 0 Å². The second kappa shape index (κ2) is 7.09. The Kier molecular flexibility index (Phi) is 5.40. The van der Waals surface area contributed by atoms with E-state index in [4.69, 9.17) is 23.2 Å². The number of aliphatic imine (C=N–C) groups is 1. The van der Waals surface area contributed by atoms with Crippen molar-refractivity contribution >= 4 is 29.4 Å². The molecule has 0 aliphatic carbocycles. The first kappa shape index (κ1) is 16.7. The molecule has 2 N–H and O–H groups in total. The van der Waals surface area contributed by atoms with Gasteiger partial charge in [-0.1, -0.05) is 29.3 Å². The first-order chi connectivity index (χ1) is 10.4. The van der Waals surface area contributed by atoms with Gasteiger partial charge in [0.2, 0.25) is 0 Å². The third kappa shape index (κ3) is 3.58. The molecule has 0 aliphatic rings. The number of aliphatic hydroxyl groups is 1. The molecule has 0 amide bonds. The predicted molar refractivity (Wildman–Crippen MR) is 89.0 cm³/mol. The van der Waals surface area contributed by atoms with E-state index in [0.717, 1.165) is 5.56 Å². The Labute approximate surface area is 139 Å². The quantitative estimate of drug-likeness (QED) is 0.825. The standard InChI is InChI=1S/C16H16Cl2N2O2/c1-9(13-4-3-12(17)5-15(13)18)20-7-14-11(8-21)6-19-10(2)16(14)22/h3-7,9,21-22H,8H2,1-2H3/t9-/m1/s1. The van der Waals surface area contributed by atoms with Crippen LogP contribution in [0, 0.1) is 6.92 Å². The number of nitrogens with zero attached hydrogens (tertiary/aromatic N) is 2. The second-order valence-electron chi connectivity index (χ2n) is 4.91. The van der Waals surface area contributed by atoms with Crippen LogP contribution >= 0.6 is 23.2 Å². The van der Waals surface area contributed by atoms with Gasteiger partial charge in [0.1, 0.15) is 5.75 Å². The van der Waals surface area contributed by atoms with Crippen LogP contribution in [0.4, 0.5) is 0 Å². The Morgan fingerprint density at radius 2 is 2.09 bits per heavy atom. The maximum absolute atomic E-state index is 10.1. The number of pyridine rings is 1. The number of aromatic hydroxyl groups is 1. The molecule has 0 radical (unpaired) electrons. The summed E-state index contributed by atoms with van der Waals surface area (Å²) in [6.07, 6.45) is 3.06. The summed E-state index contributed by atoms with van der Waals surface area (Å²) in [5.41, 5.74) is 2.29. The van der Waals surface area contributed by atoms with E-state index in [1.807, 2.05) is 13.0 Å². The highest BCUT2D eigenvalue weighted by atomic mass is 35.5. The summed E-state index contributed by atoms with van der Waals surface area (Å²) in [7, 11) is 0. The molecule has 116 valence electrons. The Hall–Kier alpha value is -1.62. The summed E-state index contributed by atoms with van der Waals surface area (Å²) in [5.74, 6) is 0.0182. The van der Waals surface area contributed by atoms with Gasteiger partial charge in [0.15, 0.2) is 0 Å². The number of halogens is 2. The Bertz CT molecular complexity index is 718. The van der Waals surface area contributed by atoms with E-state index in [1.54, 1.807) is 19.1 Å². The number of aliphatic hydroxyl groups excluding tert-OH is 1. The molecule has 0 unspecified atom stereocenters. The summed E-state index contributed by atoms with van der Waals surface area (Å²) >= 11 is 12.0. The monoisotopic (exact) mass is 338 g/mol. The number of aryl methyl sites for hydroxylation is 1. The van der Waals surface area contributed by atoms with E-state index in [1.165, 1.54) is 12.4 Å². The van der Waals surface area contributed by atoms with Crippen molar-refractivity contribution < 1.29 is 10.2 Å². The molecule has 1 heterocycles. The Balaban J connectivity index is 2.34. The van der Waals surface area contributed by atoms with Gasteiger partial charge in [0.05, 0.1) is 18.3 Å². The molecule has 2 rings (SSSR count). The van der Waals surface area contributed by atoms with Crippen LogP contribution in [0.3, 0.4) is 0 Å². The van der Waals surface area contributed by atoms with Crippen LogP contribution in [-0.2, 0) is 6.61 Å². The van der Waals surface area contributed by atoms with Crippen molar-refractivity contribution in [2.45, 2.75) is 26.5 Å². The van der Waals surface area contributed by atoms with E-state index in [0.29, 0.717) is 26.9 Å². The molecule has 22 heavy (non-hydrogen) atoms. The van der Waals surface area contributed by atoms with Crippen molar-refractivity contribution in [2.75, 3.05) is 0 Å². The smallest absolute Gasteiger partial charge is 0.145 e. The highest BCUT2D eigenvalue weighted by molar-refractivity contribution is 6.35. The average Bonchev–Trinajstić information content (AvgIpc) is 2.48. The normalized spacial score (nSPS) is 12.8. The van der Waals surface area contributed by atoms with Gasteiger partial charge in [0.25, 0.3) is 0 Å². The Morgan fingerprint density at radius 3 is 2.73 bits per heavy atom. The lowest BCUT2D eigenvalue weighted by molar-refractivity contribution is 0.280. The van der Waals surface area contributed by atoms with Crippen molar-refractivity contribution in [1.82, 2.24) is 4.98 Å². The first-order valence-corrected chi connectivity index (χ1v) is 7.46. The molecular weight excluding hydrogens is 323 g/mol. The number of rotatable bonds is 4. The summed E-state index contributed by atoms with van der Waals surface area (Å²) in [6, 6.07) is 5.01. The molecule has 1 atom stereocenters. The molecule has 0 saturated carbocycles. The maximum atomic E-state index is 10.1. The molecule has 0 aliphatic heterocycles. The lowest BCUT2D eigenvalue weighted by atomic mass is 10.1. The molecule has 0 saturated heterocycles. The van der Waals surface area contributed by atoms with Crippen molar-refractivity contribution in [3.05, 3.63) is 56.8 Å². The molecule has 6 heteroatoms. The highest BCUT2D eigenvalue weighted by Crippen LogP contribution is 2.29. The zero-order valence-electron chi connectivity index (χ0n) is 12.2. The fourth-order valence-corrected chi connectivity index (χ4v) is 2.60. The maximum Gasteiger partial charge on any atom is 0.145 e. The number of benzene rings is 1. The zero-order valence-corrected chi connectivity index (χ0v) is 13.7. The molecule has 0 fully saturated rings. The number of hydrogen-bond acceptors (Lipinski definition) is 4. The van der Waals surface area contributed by atoms with E-state index in [9.17, 15) is 10.2 Å². The lowest BCUT2D eigenvalue weighted by Gasteiger charge is -2.11. The summed E-state index contributed by atoms with van der Waals surface area (Å²) < 4.78 is 0. The van der Waals surface area contributed by atoms with Crippen molar-refractivity contribution in [1.29, 1.82) is 0 Å². The van der Waals surface area contributed by atoms with Crippen LogP contribution in [-0.4, -0.2) is 21.4 Å².